The number of sulfone groups is 1. The van der Waals surface area contributed by atoms with Crippen molar-refractivity contribution >= 4 is 43.1 Å². The number of amides is 1. The molecule has 1 fully saturated rings. The minimum Gasteiger partial charge on any atom is -0.377 e. The zero-order valence-corrected chi connectivity index (χ0v) is 17.4. The number of carbonyl (C=O) groups excluding carboxylic acids is 1. The Bertz CT molecular complexity index is 927. The second-order valence-corrected chi connectivity index (χ2v) is 11.3. The van der Waals surface area contributed by atoms with E-state index >= 15 is 0 Å². The van der Waals surface area contributed by atoms with E-state index in [1.165, 1.54) is 26.2 Å². The van der Waals surface area contributed by atoms with Gasteiger partial charge in [0.25, 0.3) is 5.91 Å². The number of sulfonamides is 1. The van der Waals surface area contributed by atoms with E-state index in [0.717, 1.165) is 4.31 Å². The van der Waals surface area contributed by atoms with E-state index < -0.39 is 31.8 Å². The summed E-state index contributed by atoms with van der Waals surface area (Å²) in [4.78, 5) is 14.2. The first-order valence-electron chi connectivity index (χ1n) is 7.80. The summed E-state index contributed by atoms with van der Waals surface area (Å²) in [5, 5.41) is 2.68. The van der Waals surface area contributed by atoms with Gasteiger partial charge in [-0.1, -0.05) is 11.6 Å². The number of anilines is 1. The minimum atomic E-state index is -3.84. The molecule has 1 N–H and O–H groups in total. The standard InChI is InChI=1S/C15H22ClN3O5S2/c1-18(2)13-8-12(16)14(26(23,24)19(3)4)7-11(13)15(20)17-10-5-6-25(21,22)9-10/h7-8,10H,5-6,9H2,1-4H3,(H,17,20). The lowest BCUT2D eigenvalue weighted by atomic mass is 10.1. The normalized spacial score (nSPS) is 19.5. The van der Waals surface area contributed by atoms with E-state index in [-0.39, 0.29) is 27.0 Å². The Balaban J connectivity index is 2.47. The largest absolute Gasteiger partial charge is 0.377 e. The van der Waals surface area contributed by atoms with Crippen molar-refractivity contribution in [2.24, 2.45) is 0 Å². The molecule has 2 rings (SSSR count). The average Bonchev–Trinajstić information content (AvgIpc) is 2.84. The molecule has 146 valence electrons. The molecule has 1 atom stereocenters. The van der Waals surface area contributed by atoms with Gasteiger partial charge in [0, 0.05) is 34.2 Å². The van der Waals surface area contributed by atoms with Crippen molar-refractivity contribution in [3.05, 3.63) is 22.7 Å². The molecule has 1 unspecified atom stereocenters. The fraction of sp³-hybridized carbons (Fsp3) is 0.533. The van der Waals surface area contributed by atoms with Crippen molar-refractivity contribution in [2.75, 3.05) is 44.6 Å². The second-order valence-electron chi connectivity index (χ2n) is 6.56. The Morgan fingerprint density at radius 2 is 1.85 bits per heavy atom. The third-order valence-corrected chi connectivity index (χ3v) is 8.15. The van der Waals surface area contributed by atoms with Gasteiger partial charge in [-0.3, -0.25) is 4.79 Å². The molecule has 11 heteroatoms. The van der Waals surface area contributed by atoms with Crippen LogP contribution >= 0.6 is 11.6 Å². The molecule has 1 saturated heterocycles. The maximum absolute atomic E-state index is 12.7. The second kappa shape index (κ2) is 7.34. The average molecular weight is 424 g/mol. The van der Waals surface area contributed by atoms with Gasteiger partial charge in [0.15, 0.2) is 9.84 Å². The zero-order chi connectivity index (χ0) is 19.9. The van der Waals surface area contributed by atoms with Gasteiger partial charge in [0.2, 0.25) is 10.0 Å². The summed E-state index contributed by atoms with van der Waals surface area (Å²) < 4.78 is 49.1. The van der Waals surface area contributed by atoms with Crippen LogP contribution in [0.5, 0.6) is 0 Å². The summed E-state index contributed by atoms with van der Waals surface area (Å²) >= 11 is 6.14. The van der Waals surface area contributed by atoms with Crippen molar-refractivity contribution in [3.8, 4) is 0 Å². The number of nitrogens with one attached hydrogen (secondary N) is 1. The minimum absolute atomic E-state index is 0.00222. The van der Waals surface area contributed by atoms with Crippen LogP contribution < -0.4 is 10.2 Å². The van der Waals surface area contributed by atoms with E-state index in [2.05, 4.69) is 5.32 Å². The number of halogens is 1. The highest BCUT2D eigenvalue weighted by Gasteiger charge is 2.31. The van der Waals surface area contributed by atoms with Gasteiger partial charge in [0.1, 0.15) is 4.90 Å². The molecule has 26 heavy (non-hydrogen) atoms. The van der Waals surface area contributed by atoms with Crippen LogP contribution in [0.2, 0.25) is 5.02 Å². The molecular weight excluding hydrogens is 402 g/mol. The smallest absolute Gasteiger partial charge is 0.253 e. The van der Waals surface area contributed by atoms with Gasteiger partial charge in [-0.15, -0.1) is 0 Å². The number of nitrogens with zero attached hydrogens (tertiary/aromatic N) is 2. The number of rotatable bonds is 5. The van der Waals surface area contributed by atoms with Gasteiger partial charge in [-0.2, -0.15) is 0 Å². The predicted octanol–water partition coefficient (Wildman–Crippen LogP) is 0.573. The van der Waals surface area contributed by atoms with Crippen LogP contribution in [-0.4, -0.2) is 72.8 Å². The molecule has 0 aliphatic carbocycles. The molecular formula is C15H22ClN3O5S2. The van der Waals surface area contributed by atoms with Crippen molar-refractivity contribution in [3.63, 3.8) is 0 Å². The Labute approximate surface area is 159 Å². The van der Waals surface area contributed by atoms with E-state index in [1.54, 1.807) is 19.0 Å². The third kappa shape index (κ3) is 4.30. The molecule has 1 aromatic carbocycles. The molecule has 0 aromatic heterocycles. The summed E-state index contributed by atoms with van der Waals surface area (Å²) in [6.07, 6.45) is 0.335. The van der Waals surface area contributed by atoms with Crippen LogP contribution in [0, 0.1) is 0 Å². The summed E-state index contributed by atoms with van der Waals surface area (Å²) in [6, 6.07) is 2.15. The lowest BCUT2D eigenvalue weighted by Crippen LogP contribution is -2.36. The van der Waals surface area contributed by atoms with Gasteiger partial charge >= 0.3 is 0 Å². The van der Waals surface area contributed by atoms with Crippen molar-refractivity contribution in [1.29, 1.82) is 0 Å². The molecule has 1 amide bonds. The lowest BCUT2D eigenvalue weighted by Gasteiger charge is -2.21. The molecule has 1 aliphatic rings. The number of benzene rings is 1. The third-order valence-electron chi connectivity index (χ3n) is 4.10. The molecule has 0 radical (unpaired) electrons. The van der Waals surface area contributed by atoms with Crippen LogP contribution in [0.4, 0.5) is 5.69 Å². The van der Waals surface area contributed by atoms with E-state index in [1.807, 2.05) is 0 Å². The highest BCUT2D eigenvalue weighted by Crippen LogP contribution is 2.31. The van der Waals surface area contributed by atoms with Crippen LogP contribution in [0.25, 0.3) is 0 Å². The number of hydrogen-bond donors (Lipinski definition) is 1. The highest BCUT2D eigenvalue weighted by molar-refractivity contribution is 7.91. The maximum Gasteiger partial charge on any atom is 0.253 e. The molecule has 1 aromatic rings. The first-order chi connectivity index (χ1) is 11.8. The lowest BCUT2D eigenvalue weighted by molar-refractivity contribution is 0.0941. The van der Waals surface area contributed by atoms with Crippen molar-refractivity contribution in [2.45, 2.75) is 17.4 Å². The van der Waals surface area contributed by atoms with Crippen LogP contribution in [0.3, 0.4) is 0 Å². The molecule has 8 nitrogen and oxygen atoms in total. The summed E-state index contributed by atoms with van der Waals surface area (Å²) in [6.45, 7) is 0. The molecule has 0 bridgehead atoms. The quantitative estimate of drug-likeness (QED) is 0.742. The van der Waals surface area contributed by atoms with Gasteiger partial charge in [0.05, 0.1) is 27.8 Å². The monoisotopic (exact) mass is 423 g/mol. The van der Waals surface area contributed by atoms with Crippen molar-refractivity contribution in [1.82, 2.24) is 9.62 Å². The van der Waals surface area contributed by atoms with E-state index in [9.17, 15) is 21.6 Å². The zero-order valence-electron chi connectivity index (χ0n) is 15.0. The number of hydrogen-bond acceptors (Lipinski definition) is 6. The summed E-state index contributed by atoms with van der Waals surface area (Å²) in [7, 11) is -0.859. The molecule has 1 aliphatic heterocycles. The van der Waals surface area contributed by atoms with Crippen LogP contribution in [-0.2, 0) is 19.9 Å². The summed E-state index contributed by atoms with van der Waals surface area (Å²) in [5.74, 6) is -0.631. The predicted molar refractivity (Wildman–Crippen MR) is 101 cm³/mol. The van der Waals surface area contributed by atoms with Gasteiger partial charge in [-0.25, -0.2) is 21.1 Å². The van der Waals surface area contributed by atoms with Crippen LogP contribution in [0.15, 0.2) is 17.0 Å². The fourth-order valence-electron chi connectivity index (χ4n) is 2.66. The Hall–Kier alpha value is -1.36. The SMILES string of the molecule is CN(C)c1cc(Cl)c(S(=O)(=O)N(C)C)cc1C(=O)NC1CCS(=O)(=O)C1. The Kier molecular flexibility index (Phi) is 5.91. The van der Waals surface area contributed by atoms with Crippen molar-refractivity contribution < 1.29 is 21.6 Å². The summed E-state index contributed by atoms with van der Waals surface area (Å²) in [5.41, 5.74) is 0.551. The first-order valence-corrected chi connectivity index (χ1v) is 11.4. The Morgan fingerprint density at radius 1 is 1.23 bits per heavy atom. The molecule has 0 saturated carbocycles. The molecule has 1 heterocycles. The number of carbonyl (C=O) groups is 1. The topological polar surface area (TPSA) is 104 Å². The first kappa shape index (κ1) is 20.9. The highest BCUT2D eigenvalue weighted by atomic mass is 35.5. The van der Waals surface area contributed by atoms with Gasteiger partial charge in [-0.05, 0) is 18.6 Å². The Morgan fingerprint density at radius 3 is 2.31 bits per heavy atom. The molecule has 0 spiro atoms. The van der Waals surface area contributed by atoms with Gasteiger partial charge < -0.3 is 10.2 Å². The van der Waals surface area contributed by atoms with Crippen LogP contribution in [0.1, 0.15) is 16.8 Å². The van der Waals surface area contributed by atoms with E-state index in [0.29, 0.717) is 12.1 Å². The van der Waals surface area contributed by atoms with E-state index in [4.69, 9.17) is 11.6 Å². The maximum atomic E-state index is 12.7. The fourth-order valence-corrected chi connectivity index (χ4v) is 5.75.